The highest BCUT2D eigenvalue weighted by Gasteiger charge is 2.44. The van der Waals surface area contributed by atoms with Crippen LogP contribution >= 0.6 is 12.6 Å². The van der Waals surface area contributed by atoms with Crippen LogP contribution in [0.1, 0.15) is 57.0 Å². The Bertz CT molecular complexity index is 1380. The van der Waals surface area contributed by atoms with E-state index in [0.29, 0.717) is 25.1 Å². The van der Waals surface area contributed by atoms with Crippen molar-refractivity contribution in [2.75, 3.05) is 0 Å². The molecule has 2 amide bonds. The van der Waals surface area contributed by atoms with E-state index < -0.39 is 16.8 Å². The number of aromatic nitrogens is 4. The van der Waals surface area contributed by atoms with Gasteiger partial charge in [-0.05, 0) is 36.5 Å². The van der Waals surface area contributed by atoms with Gasteiger partial charge in [-0.25, -0.2) is 0 Å². The summed E-state index contributed by atoms with van der Waals surface area (Å²) in [4.78, 5) is 26.5. The molecule has 2 heterocycles. The molecule has 0 aliphatic heterocycles. The number of amides is 2. The molecule has 10 heteroatoms. The number of rotatable bonds is 8. The van der Waals surface area contributed by atoms with Gasteiger partial charge in [0.1, 0.15) is 16.7 Å². The van der Waals surface area contributed by atoms with Gasteiger partial charge in [0.05, 0.1) is 11.3 Å². The topological polar surface area (TPSA) is 126 Å². The molecule has 1 aliphatic rings. The van der Waals surface area contributed by atoms with E-state index in [9.17, 15) is 9.59 Å². The van der Waals surface area contributed by atoms with Crippen LogP contribution in [-0.4, -0.2) is 43.2 Å². The summed E-state index contributed by atoms with van der Waals surface area (Å²) in [6.07, 6.45) is 3.31. The lowest BCUT2D eigenvalue weighted by molar-refractivity contribution is -0.134. The predicted octanol–water partition coefficient (Wildman–Crippen LogP) is 3.88. The van der Waals surface area contributed by atoms with Crippen molar-refractivity contribution >= 4 is 46.4 Å². The lowest BCUT2D eigenvalue weighted by Gasteiger charge is -2.32. The molecule has 3 N–H and O–H groups in total. The number of benzene rings is 2. The SMILES string of the molecule is CC(C)[C@H](S)C(=O)NC1(C(=O)N[C@@H](Cc2ccc3c(c2)oc2ccccc23)c2nn[nH]n2)CCCC1. The fourth-order valence-corrected chi connectivity index (χ4v) is 5.02. The van der Waals surface area contributed by atoms with Gasteiger partial charge in [-0.2, -0.15) is 17.8 Å². The summed E-state index contributed by atoms with van der Waals surface area (Å²) in [6, 6.07) is 13.4. The second-order valence-electron chi connectivity index (χ2n) is 9.90. The van der Waals surface area contributed by atoms with Gasteiger partial charge in [0.2, 0.25) is 11.8 Å². The largest absolute Gasteiger partial charge is 0.456 e. The molecule has 0 spiro atoms. The van der Waals surface area contributed by atoms with E-state index in [1.165, 1.54) is 0 Å². The minimum atomic E-state index is -0.975. The third-order valence-corrected chi connectivity index (χ3v) is 7.85. The van der Waals surface area contributed by atoms with Crippen LogP contribution in [0.4, 0.5) is 0 Å². The van der Waals surface area contributed by atoms with Gasteiger partial charge in [-0.1, -0.05) is 62.2 Å². The van der Waals surface area contributed by atoms with E-state index >= 15 is 0 Å². The van der Waals surface area contributed by atoms with Crippen LogP contribution in [0, 0.1) is 5.92 Å². The number of aromatic amines is 1. The molecular weight excluding hydrogens is 476 g/mol. The Morgan fingerprint density at radius 3 is 2.58 bits per heavy atom. The first-order valence-electron chi connectivity index (χ1n) is 12.3. The highest BCUT2D eigenvalue weighted by molar-refractivity contribution is 7.81. The summed E-state index contributed by atoms with van der Waals surface area (Å²) in [6.45, 7) is 3.87. The first kappa shape index (κ1) is 24.3. The Balaban J connectivity index is 1.40. The van der Waals surface area contributed by atoms with Crippen LogP contribution in [0.15, 0.2) is 46.9 Å². The Kier molecular flexibility index (Phi) is 6.70. The molecular formula is C26H30N6O3S. The van der Waals surface area contributed by atoms with E-state index in [0.717, 1.165) is 40.3 Å². The maximum Gasteiger partial charge on any atom is 0.246 e. The molecule has 1 saturated carbocycles. The monoisotopic (exact) mass is 506 g/mol. The van der Waals surface area contributed by atoms with Crippen molar-refractivity contribution in [2.24, 2.45) is 5.92 Å². The summed E-state index contributed by atoms with van der Waals surface area (Å²) in [5.41, 5.74) is 1.59. The molecule has 2 aromatic heterocycles. The van der Waals surface area contributed by atoms with Crippen LogP contribution in [-0.2, 0) is 16.0 Å². The van der Waals surface area contributed by atoms with Gasteiger partial charge in [-0.3, -0.25) is 9.59 Å². The number of furan rings is 1. The molecule has 9 nitrogen and oxygen atoms in total. The van der Waals surface area contributed by atoms with Crippen LogP contribution in [0.3, 0.4) is 0 Å². The zero-order valence-electron chi connectivity index (χ0n) is 20.3. The van der Waals surface area contributed by atoms with Crippen LogP contribution in [0.25, 0.3) is 21.9 Å². The third kappa shape index (κ3) is 4.69. The molecule has 0 saturated heterocycles. The number of para-hydroxylation sites is 1. The summed E-state index contributed by atoms with van der Waals surface area (Å²) >= 11 is 4.45. The maximum absolute atomic E-state index is 13.7. The standard InChI is InChI=1S/C26H30N6O3S/c1-15(2)22(36)24(33)28-26(11-5-6-12-26)25(34)27-19(23-29-31-32-30-23)13-16-9-10-18-17-7-3-4-8-20(17)35-21(18)14-16/h3-4,7-10,14-15,19,22,36H,5-6,11-13H2,1-2H3,(H,27,34)(H,28,33)(H,29,30,31,32)/t19-,22-/m0/s1. The zero-order chi connectivity index (χ0) is 25.3. The molecule has 188 valence electrons. The molecule has 2 aromatic carbocycles. The minimum Gasteiger partial charge on any atom is -0.456 e. The van der Waals surface area contributed by atoms with Gasteiger partial charge < -0.3 is 15.1 Å². The molecule has 4 aromatic rings. The summed E-state index contributed by atoms with van der Waals surface area (Å²) < 4.78 is 6.04. The summed E-state index contributed by atoms with van der Waals surface area (Å²) in [5.74, 6) is -0.0362. The van der Waals surface area contributed by atoms with Crippen molar-refractivity contribution in [1.29, 1.82) is 0 Å². The Morgan fingerprint density at radius 2 is 1.86 bits per heavy atom. The summed E-state index contributed by atoms with van der Waals surface area (Å²) in [7, 11) is 0. The smallest absolute Gasteiger partial charge is 0.246 e. The number of fused-ring (bicyclic) bond motifs is 3. The number of carbonyl (C=O) groups excluding carboxylic acids is 2. The highest BCUT2D eigenvalue weighted by Crippen LogP contribution is 2.33. The lowest BCUT2D eigenvalue weighted by atomic mass is 9.94. The average molecular weight is 507 g/mol. The molecule has 36 heavy (non-hydrogen) atoms. The molecule has 2 atom stereocenters. The van der Waals surface area contributed by atoms with Gasteiger partial charge in [0.25, 0.3) is 0 Å². The third-order valence-electron chi connectivity index (χ3n) is 7.02. The Labute approximate surface area is 214 Å². The number of hydrogen-bond acceptors (Lipinski definition) is 7. The van der Waals surface area contributed by atoms with E-state index in [2.05, 4.69) is 43.9 Å². The number of nitrogens with one attached hydrogen (secondary N) is 3. The van der Waals surface area contributed by atoms with Crippen molar-refractivity contribution in [1.82, 2.24) is 31.3 Å². The maximum atomic E-state index is 13.7. The predicted molar refractivity (Wildman–Crippen MR) is 139 cm³/mol. The average Bonchev–Trinajstić information content (AvgIpc) is 3.63. The van der Waals surface area contributed by atoms with Crippen LogP contribution in [0.2, 0.25) is 0 Å². The molecule has 0 unspecified atom stereocenters. The fourth-order valence-electron chi connectivity index (χ4n) is 4.95. The lowest BCUT2D eigenvalue weighted by Crippen LogP contribution is -2.59. The molecule has 0 bridgehead atoms. The molecule has 5 rings (SSSR count). The van der Waals surface area contributed by atoms with E-state index in [4.69, 9.17) is 4.42 Å². The van der Waals surface area contributed by atoms with Crippen LogP contribution in [0.5, 0.6) is 0 Å². The van der Waals surface area contributed by atoms with Crippen molar-refractivity contribution < 1.29 is 14.0 Å². The second-order valence-corrected chi connectivity index (χ2v) is 10.5. The van der Waals surface area contributed by atoms with Gasteiger partial charge >= 0.3 is 0 Å². The fraction of sp³-hybridized carbons (Fsp3) is 0.423. The quantitative estimate of drug-likeness (QED) is 0.269. The Morgan fingerprint density at radius 1 is 1.11 bits per heavy atom. The van der Waals surface area contributed by atoms with E-state index in [-0.39, 0.29) is 17.7 Å². The van der Waals surface area contributed by atoms with E-state index in [1.54, 1.807) is 0 Å². The number of nitrogens with zero attached hydrogens (tertiary/aromatic N) is 3. The number of tetrazole rings is 1. The molecule has 1 fully saturated rings. The van der Waals surface area contributed by atoms with Crippen molar-refractivity contribution in [3.05, 3.63) is 53.9 Å². The van der Waals surface area contributed by atoms with Gasteiger partial charge in [0.15, 0.2) is 5.82 Å². The van der Waals surface area contributed by atoms with E-state index in [1.807, 2.05) is 56.3 Å². The van der Waals surface area contributed by atoms with Crippen molar-refractivity contribution in [2.45, 2.75) is 62.8 Å². The zero-order valence-corrected chi connectivity index (χ0v) is 21.2. The van der Waals surface area contributed by atoms with Gasteiger partial charge in [0, 0.05) is 17.2 Å². The highest BCUT2D eigenvalue weighted by atomic mass is 32.1. The van der Waals surface area contributed by atoms with Crippen molar-refractivity contribution in [3.63, 3.8) is 0 Å². The number of thiol groups is 1. The molecule has 1 aliphatic carbocycles. The number of carbonyl (C=O) groups is 2. The first-order valence-corrected chi connectivity index (χ1v) is 12.8. The number of H-pyrrole nitrogens is 1. The Hall–Kier alpha value is -3.40. The van der Waals surface area contributed by atoms with Gasteiger partial charge in [-0.15, -0.1) is 10.2 Å². The normalized spacial score (nSPS) is 16.9. The second kappa shape index (κ2) is 9.93. The van der Waals surface area contributed by atoms with Crippen LogP contribution < -0.4 is 10.6 Å². The molecule has 0 radical (unpaired) electrons. The van der Waals surface area contributed by atoms with Crippen molar-refractivity contribution in [3.8, 4) is 0 Å². The summed E-state index contributed by atoms with van der Waals surface area (Å²) in [5, 5.41) is 22.2. The minimum absolute atomic E-state index is 0.0510. The first-order chi connectivity index (χ1) is 17.4. The number of hydrogen-bond donors (Lipinski definition) is 4.